The van der Waals surface area contributed by atoms with Gasteiger partial charge in [0.25, 0.3) is 0 Å². The molecule has 1 saturated heterocycles. The molecule has 16 heavy (non-hydrogen) atoms. The summed E-state index contributed by atoms with van der Waals surface area (Å²) in [5.74, 6) is 2.70. The highest BCUT2D eigenvalue weighted by molar-refractivity contribution is 7.99. The van der Waals surface area contributed by atoms with Crippen LogP contribution in [0, 0.1) is 11.3 Å². The number of carbonyl (C=O) groups excluding carboxylic acids is 1. The summed E-state index contributed by atoms with van der Waals surface area (Å²) >= 11 is 1.79. The third kappa shape index (κ3) is 3.05. The molecule has 0 spiro atoms. The van der Waals surface area contributed by atoms with E-state index in [9.17, 15) is 4.79 Å². The predicted octanol–water partition coefficient (Wildman–Crippen LogP) is 1.62. The minimum Gasteiger partial charge on any atom is -0.354 e. The SMILES string of the molecule is CC(C)C1(CNC(=O)C2CSCN2)CC1.Cl. The number of hydrogen-bond donors (Lipinski definition) is 2. The molecule has 2 rings (SSSR count). The molecule has 1 aliphatic heterocycles. The van der Waals surface area contributed by atoms with Gasteiger partial charge in [0.2, 0.25) is 5.91 Å². The van der Waals surface area contributed by atoms with E-state index in [1.54, 1.807) is 11.8 Å². The van der Waals surface area contributed by atoms with Crippen molar-refractivity contribution in [1.29, 1.82) is 0 Å². The monoisotopic (exact) mass is 264 g/mol. The fourth-order valence-electron chi connectivity index (χ4n) is 2.07. The smallest absolute Gasteiger partial charge is 0.238 e. The summed E-state index contributed by atoms with van der Waals surface area (Å²) < 4.78 is 0. The molecule has 1 amide bonds. The van der Waals surface area contributed by atoms with Crippen molar-refractivity contribution in [2.45, 2.75) is 32.7 Å². The van der Waals surface area contributed by atoms with Crippen LogP contribution in [0.1, 0.15) is 26.7 Å². The molecule has 0 bridgehead atoms. The molecule has 1 unspecified atom stereocenters. The lowest BCUT2D eigenvalue weighted by molar-refractivity contribution is -0.122. The standard InChI is InChI=1S/C11H20N2OS.ClH/c1-8(2)11(3-4-11)6-12-10(14)9-5-15-7-13-9;/h8-9,13H,3-7H2,1-2H3,(H,12,14);1H. The predicted molar refractivity (Wildman–Crippen MR) is 71.0 cm³/mol. The van der Waals surface area contributed by atoms with Gasteiger partial charge >= 0.3 is 0 Å². The van der Waals surface area contributed by atoms with Gasteiger partial charge in [0.1, 0.15) is 0 Å². The first kappa shape index (κ1) is 14.1. The average molecular weight is 265 g/mol. The first-order chi connectivity index (χ1) is 7.14. The molecule has 3 nitrogen and oxygen atoms in total. The van der Waals surface area contributed by atoms with Gasteiger partial charge in [-0.2, -0.15) is 0 Å². The van der Waals surface area contributed by atoms with E-state index in [2.05, 4.69) is 24.5 Å². The highest BCUT2D eigenvalue weighted by Crippen LogP contribution is 2.51. The van der Waals surface area contributed by atoms with E-state index in [1.807, 2.05) is 0 Å². The largest absolute Gasteiger partial charge is 0.354 e. The number of halogens is 1. The second-order valence-electron chi connectivity index (χ2n) is 5.01. The van der Waals surface area contributed by atoms with Crippen LogP contribution in [0.4, 0.5) is 0 Å². The molecule has 0 aromatic rings. The average Bonchev–Trinajstić information content (AvgIpc) is 2.80. The molecule has 2 aliphatic rings. The molecule has 1 heterocycles. The summed E-state index contributed by atoms with van der Waals surface area (Å²) in [7, 11) is 0. The highest BCUT2D eigenvalue weighted by Gasteiger charge is 2.45. The van der Waals surface area contributed by atoms with Crippen molar-refractivity contribution >= 4 is 30.1 Å². The third-order valence-electron chi connectivity index (χ3n) is 3.76. The second kappa shape index (κ2) is 5.61. The Balaban J connectivity index is 0.00000128. The summed E-state index contributed by atoms with van der Waals surface area (Å²) in [4.78, 5) is 11.8. The summed E-state index contributed by atoms with van der Waals surface area (Å²) in [6, 6.07) is 0.0398. The van der Waals surface area contributed by atoms with Crippen LogP contribution in [0.2, 0.25) is 0 Å². The van der Waals surface area contributed by atoms with Gasteiger partial charge in [0.15, 0.2) is 0 Å². The highest BCUT2D eigenvalue weighted by atomic mass is 35.5. The Morgan fingerprint density at radius 1 is 1.56 bits per heavy atom. The van der Waals surface area contributed by atoms with Crippen LogP contribution in [-0.2, 0) is 4.79 Å². The Bertz CT molecular complexity index is 250. The molecule has 0 aromatic heterocycles. The van der Waals surface area contributed by atoms with Crippen molar-refractivity contribution in [3.05, 3.63) is 0 Å². The first-order valence-electron chi connectivity index (χ1n) is 5.73. The summed E-state index contributed by atoms with van der Waals surface area (Å²) in [5, 5.41) is 6.29. The zero-order valence-corrected chi connectivity index (χ0v) is 11.5. The lowest BCUT2D eigenvalue weighted by Gasteiger charge is -2.21. The van der Waals surface area contributed by atoms with Crippen LogP contribution in [0.15, 0.2) is 0 Å². The van der Waals surface area contributed by atoms with Gasteiger partial charge < -0.3 is 5.32 Å². The summed E-state index contributed by atoms with van der Waals surface area (Å²) in [5.41, 5.74) is 0.418. The zero-order chi connectivity index (χ0) is 10.9. The molecule has 5 heteroatoms. The fraction of sp³-hybridized carbons (Fsp3) is 0.909. The van der Waals surface area contributed by atoms with Gasteiger partial charge in [-0.15, -0.1) is 24.2 Å². The molecule has 1 saturated carbocycles. The molecular formula is C11H21ClN2OS. The van der Waals surface area contributed by atoms with Crippen molar-refractivity contribution in [1.82, 2.24) is 10.6 Å². The van der Waals surface area contributed by atoms with Crippen LogP contribution in [0.25, 0.3) is 0 Å². The van der Waals surface area contributed by atoms with Crippen molar-refractivity contribution in [3.8, 4) is 0 Å². The van der Waals surface area contributed by atoms with Crippen LogP contribution < -0.4 is 10.6 Å². The Labute approximate surface area is 108 Å². The number of amides is 1. The van der Waals surface area contributed by atoms with Gasteiger partial charge in [-0.3, -0.25) is 10.1 Å². The van der Waals surface area contributed by atoms with E-state index in [0.29, 0.717) is 11.3 Å². The molecule has 1 atom stereocenters. The van der Waals surface area contributed by atoms with E-state index in [-0.39, 0.29) is 24.4 Å². The Morgan fingerprint density at radius 3 is 2.69 bits per heavy atom. The van der Waals surface area contributed by atoms with E-state index in [1.165, 1.54) is 12.8 Å². The molecule has 94 valence electrons. The number of rotatable bonds is 4. The quantitative estimate of drug-likeness (QED) is 0.811. The van der Waals surface area contributed by atoms with E-state index in [0.717, 1.165) is 18.2 Å². The Morgan fingerprint density at radius 2 is 2.25 bits per heavy atom. The third-order valence-corrected chi connectivity index (χ3v) is 4.70. The fourth-order valence-corrected chi connectivity index (χ4v) is 3.01. The van der Waals surface area contributed by atoms with Gasteiger partial charge in [-0.1, -0.05) is 13.8 Å². The number of thioether (sulfide) groups is 1. The normalized spacial score (nSPS) is 26.3. The van der Waals surface area contributed by atoms with Crippen LogP contribution in [0.3, 0.4) is 0 Å². The van der Waals surface area contributed by atoms with E-state index < -0.39 is 0 Å². The van der Waals surface area contributed by atoms with Gasteiger partial charge in [0.05, 0.1) is 6.04 Å². The van der Waals surface area contributed by atoms with Gasteiger partial charge in [0, 0.05) is 18.2 Å². The van der Waals surface area contributed by atoms with Crippen LogP contribution >= 0.6 is 24.2 Å². The lowest BCUT2D eigenvalue weighted by atomic mass is 9.92. The lowest BCUT2D eigenvalue weighted by Crippen LogP contribution is -2.44. The van der Waals surface area contributed by atoms with Crippen molar-refractivity contribution in [2.24, 2.45) is 11.3 Å². The molecule has 2 N–H and O–H groups in total. The van der Waals surface area contributed by atoms with Gasteiger partial charge in [-0.25, -0.2) is 0 Å². The maximum Gasteiger partial charge on any atom is 0.238 e. The number of carbonyl (C=O) groups is 1. The molecule has 1 aliphatic carbocycles. The first-order valence-corrected chi connectivity index (χ1v) is 6.88. The van der Waals surface area contributed by atoms with Crippen molar-refractivity contribution in [2.75, 3.05) is 18.2 Å². The molecule has 0 radical (unpaired) electrons. The minimum atomic E-state index is 0. The zero-order valence-electron chi connectivity index (χ0n) is 9.91. The summed E-state index contributed by atoms with van der Waals surface area (Å²) in [6.07, 6.45) is 2.55. The molecule has 0 aromatic carbocycles. The Kier molecular flexibility index (Phi) is 4.95. The van der Waals surface area contributed by atoms with Crippen LogP contribution in [0.5, 0.6) is 0 Å². The van der Waals surface area contributed by atoms with E-state index in [4.69, 9.17) is 0 Å². The number of nitrogens with one attached hydrogen (secondary N) is 2. The second-order valence-corrected chi connectivity index (χ2v) is 6.04. The van der Waals surface area contributed by atoms with Crippen molar-refractivity contribution < 1.29 is 4.79 Å². The maximum absolute atomic E-state index is 11.8. The summed E-state index contributed by atoms with van der Waals surface area (Å²) in [6.45, 7) is 5.37. The minimum absolute atomic E-state index is 0. The Hall–Kier alpha value is 0.0700. The molecular weight excluding hydrogens is 244 g/mol. The van der Waals surface area contributed by atoms with Crippen molar-refractivity contribution in [3.63, 3.8) is 0 Å². The molecule has 2 fully saturated rings. The van der Waals surface area contributed by atoms with Crippen LogP contribution in [-0.4, -0.2) is 30.1 Å². The topological polar surface area (TPSA) is 41.1 Å². The maximum atomic E-state index is 11.8. The number of hydrogen-bond acceptors (Lipinski definition) is 3. The van der Waals surface area contributed by atoms with E-state index >= 15 is 0 Å². The van der Waals surface area contributed by atoms with Gasteiger partial charge in [-0.05, 0) is 24.2 Å².